The molecule has 0 fully saturated rings. The first-order valence-corrected chi connectivity index (χ1v) is 6.76. The standard InChI is InChI=1S/C11H17N3OS2/c1-3-11(2,9(12)16)10(15)14-5-4-8-13-6-7-17-8/h6-7H,3-5H2,1-2H3,(H2,12,16)(H,14,15). The number of hydrogen-bond donors (Lipinski definition) is 2. The summed E-state index contributed by atoms with van der Waals surface area (Å²) < 4.78 is 0. The van der Waals surface area contributed by atoms with E-state index in [4.69, 9.17) is 18.0 Å². The molecule has 0 saturated carbocycles. The highest BCUT2D eigenvalue weighted by atomic mass is 32.1. The lowest BCUT2D eigenvalue weighted by atomic mass is 9.86. The van der Waals surface area contributed by atoms with Crippen molar-refractivity contribution in [1.82, 2.24) is 10.3 Å². The van der Waals surface area contributed by atoms with Gasteiger partial charge in [-0.2, -0.15) is 0 Å². The smallest absolute Gasteiger partial charge is 0.232 e. The van der Waals surface area contributed by atoms with E-state index in [1.54, 1.807) is 24.5 Å². The first-order chi connectivity index (χ1) is 8.00. The number of aromatic nitrogens is 1. The molecule has 3 N–H and O–H groups in total. The second-order valence-corrected chi connectivity index (χ2v) is 5.40. The molecule has 17 heavy (non-hydrogen) atoms. The third-order valence-electron chi connectivity index (χ3n) is 2.86. The summed E-state index contributed by atoms with van der Waals surface area (Å²) in [6.45, 7) is 4.23. The van der Waals surface area contributed by atoms with Gasteiger partial charge in [0, 0.05) is 24.5 Å². The first-order valence-electron chi connectivity index (χ1n) is 5.47. The van der Waals surface area contributed by atoms with Crippen LogP contribution in [0.3, 0.4) is 0 Å². The van der Waals surface area contributed by atoms with Crippen LogP contribution in [-0.2, 0) is 11.2 Å². The summed E-state index contributed by atoms with van der Waals surface area (Å²) in [5, 5.41) is 5.79. The van der Waals surface area contributed by atoms with Gasteiger partial charge in [-0.15, -0.1) is 11.3 Å². The Morgan fingerprint density at radius 2 is 2.41 bits per heavy atom. The molecule has 0 spiro atoms. The van der Waals surface area contributed by atoms with Gasteiger partial charge in [-0.3, -0.25) is 4.79 Å². The molecular weight excluding hydrogens is 254 g/mol. The number of carbonyl (C=O) groups excluding carboxylic acids is 1. The fourth-order valence-electron chi connectivity index (χ4n) is 1.30. The Hall–Kier alpha value is -1.01. The Morgan fingerprint density at radius 1 is 1.71 bits per heavy atom. The largest absolute Gasteiger partial charge is 0.392 e. The van der Waals surface area contributed by atoms with Crippen molar-refractivity contribution in [1.29, 1.82) is 0 Å². The van der Waals surface area contributed by atoms with Crippen LogP contribution >= 0.6 is 23.6 Å². The highest BCUT2D eigenvalue weighted by molar-refractivity contribution is 7.80. The number of thiocarbonyl (C=S) groups is 1. The highest BCUT2D eigenvalue weighted by Gasteiger charge is 2.34. The quantitative estimate of drug-likeness (QED) is 0.770. The Morgan fingerprint density at radius 3 is 2.88 bits per heavy atom. The fourth-order valence-corrected chi connectivity index (χ4v) is 2.16. The van der Waals surface area contributed by atoms with Crippen LogP contribution in [0.5, 0.6) is 0 Å². The topological polar surface area (TPSA) is 68.0 Å². The molecule has 6 heteroatoms. The summed E-state index contributed by atoms with van der Waals surface area (Å²) in [6.07, 6.45) is 3.10. The van der Waals surface area contributed by atoms with Gasteiger partial charge in [-0.05, 0) is 13.3 Å². The van der Waals surface area contributed by atoms with Crippen molar-refractivity contribution >= 4 is 34.5 Å². The van der Waals surface area contributed by atoms with E-state index in [0.29, 0.717) is 13.0 Å². The second-order valence-electron chi connectivity index (χ2n) is 3.98. The van der Waals surface area contributed by atoms with Crippen LogP contribution in [-0.4, -0.2) is 22.4 Å². The number of hydrogen-bond acceptors (Lipinski definition) is 4. The third-order valence-corrected chi connectivity index (χ3v) is 4.15. The molecule has 0 bridgehead atoms. The van der Waals surface area contributed by atoms with Gasteiger partial charge in [0.1, 0.15) is 0 Å². The van der Waals surface area contributed by atoms with Crippen molar-refractivity contribution in [2.45, 2.75) is 26.7 Å². The van der Waals surface area contributed by atoms with Gasteiger partial charge < -0.3 is 11.1 Å². The van der Waals surface area contributed by atoms with E-state index in [1.807, 2.05) is 12.3 Å². The predicted molar refractivity (Wildman–Crippen MR) is 74.0 cm³/mol. The van der Waals surface area contributed by atoms with Crippen LogP contribution in [0, 0.1) is 5.41 Å². The molecule has 1 unspecified atom stereocenters. The van der Waals surface area contributed by atoms with E-state index in [0.717, 1.165) is 11.4 Å². The van der Waals surface area contributed by atoms with Crippen molar-refractivity contribution in [3.63, 3.8) is 0 Å². The van der Waals surface area contributed by atoms with Crippen molar-refractivity contribution in [2.75, 3.05) is 6.54 Å². The maximum atomic E-state index is 12.0. The number of rotatable bonds is 6. The number of nitrogens with two attached hydrogens (primary N) is 1. The zero-order chi connectivity index (χ0) is 12.9. The number of carbonyl (C=O) groups is 1. The van der Waals surface area contributed by atoms with E-state index in [-0.39, 0.29) is 10.9 Å². The predicted octanol–water partition coefficient (Wildman–Crippen LogP) is 1.50. The molecule has 0 radical (unpaired) electrons. The normalized spacial score (nSPS) is 14.0. The van der Waals surface area contributed by atoms with Crippen LogP contribution in [0.15, 0.2) is 11.6 Å². The van der Waals surface area contributed by atoms with E-state index in [9.17, 15) is 4.79 Å². The van der Waals surface area contributed by atoms with Crippen LogP contribution in [0.25, 0.3) is 0 Å². The van der Waals surface area contributed by atoms with Gasteiger partial charge in [0.15, 0.2) is 0 Å². The minimum Gasteiger partial charge on any atom is -0.392 e. The second kappa shape index (κ2) is 6.07. The van der Waals surface area contributed by atoms with Crippen molar-refractivity contribution < 1.29 is 4.79 Å². The van der Waals surface area contributed by atoms with Crippen LogP contribution in [0.4, 0.5) is 0 Å². The zero-order valence-electron chi connectivity index (χ0n) is 10.0. The number of nitrogens with one attached hydrogen (secondary N) is 1. The van der Waals surface area contributed by atoms with Gasteiger partial charge in [-0.1, -0.05) is 19.1 Å². The molecule has 0 aliphatic heterocycles. The molecule has 4 nitrogen and oxygen atoms in total. The first kappa shape index (κ1) is 14.1. The van der Waals surface area contributed by atoms with Gasteiger partial charge in [-0.25, -0.2) is 4.98 Å². The molecule has 0 saturated heterocycles. The highest BCUT2D eigenvalue weighted by Crippen LogP contribution is 2.21. The lowest BCUT2D eigenvalue weighted by Crippen LogP contribution is -2.47. The fraction of sp³-hybridized carbons (Fsp3) is 0.545. The van der Waals surface area contributed by atoms with Crippen LogP contribution < -0.4 is 11.1 Å². The molecule has 1 amide bonds. The Kier molecular flexibility index (Phi) is 5.02. The lowest BCUT2D eigenvalue weighted by molar-refractivity contribution is -0.126. The molecule has 1 atom stereocenters. The van der Waals surface area contributed by atoms with Crippen molar-refractivity contribution in [2.24, 2.45) is 11.1 Å². The Labute approximate surface area is 111 Å². The van der Waals surface area contributed by atoms with Gasteiger partial charge in [0.25, 0.3) is 0 Å². The van der Waals surface area contributed by atoms with E-state index in [1.165, 1.54) is 0 Å². The molecule has 0 aliphatic carbocycles. The summed E-state index contributed by atoms with van der Waals surface area (Å²) in [6, 6.07) is 0. The zero-order valence-corrected chi connectivity index (χ0v) is 11.7. The summed E-state index contributed by atoms with van der Waals surface area (Å²) in [7, 11) is 0. The average Bonchev–Trinajstić information content (AvgIpc) is 2.80. The van der Waals surface area contributed by atoms with E-state index < -0.39 is 5.41 Å². The maximum absolute atomic E-state index is 12.0. The summed E-state index contributed by atoms with van der Waals surface area (Å²) in [4.78, 5) is 16.4. The summed E-state index contributed by atoms with van der Waals surface area (Å²) in [5.41, 5.74) is 4.86. The number of nitrogens with zero attached hydrogens (tertiary/aromatic N) is 1. The van der Waals surface area contributed by atoms with Crippen LogP contribution in [0.1, 0.15) is 25.3 Å². The molecule has 1 aromatic heterocycles. The lowest BCUT2D eigenvalue weighted by Gasteiger charge is -2.25. The van der Waals surface area contributed by atoms with Crippen molar-refractivity contribution in [3.8, 4) is 0 Å². The molecule has 0 aromatic carbocycles. The minimum atomic E-state index is -0.752. The Balaban J connectivity index is 2.46. The molecule has 94 valence electrons. The SMILES string of the molecule is CCC(C)(C(=O)NCCc1nccs1)C(N)=S. The molecule has 1 heterocycles. The summed E-state index contributed by atoms with van der Waals surface area (Å²) >= 11 is 6.52. The molecule has 1 aromatic rings. The van der Waals surface area contributed by atoms with Gasteiger partial charge in [0.2, 0.25) is 5.91 Å². The molecule has 1 rings (SSSR count). The molecule has 0 aliphatic rings. The number of thiazole rings is 1. The minimum absolute atomic E-state index is 0.107. The van der Waals surface area contributed by atoms with E-state index >= 15 is 0 Å². The number of amides is 1. The summed E-state index contributed by atoms with van der Waals surface area (Å²) in [5.74, 6) is -0.107. The van der Waals surface area contributed by atoms with Crippen molar-refractivity contribution in [3.05, 3.63) is 16.6 Å². The third kappa shape index (κ3) is 3.47. The van der Waals surface area contributed by atoms with Gasteiger partial charge >= 0.3 is 0 Å². The molecular formula is C11H17N3OS2. The monoisotopic (exact) mass is 271 g/mol. The average molecular weight is 271 g/mol. The van der Waals surface area contributed by atoms with Crippen LogP contribution in [0.2, 0.25) is 0 Å². The van der Waals surface area contributed by atoms with E-state index in [2.05, 4.69) is 10.3 Å². The van der Waals surface area contributed by atoms with Gasteiger partial charge in [0.05, 0.1) is 15.4 Å². The maximum Gasteiger partial charge on any atom is 0.232 e. The Bertz CT molecular complexity index is 391.